The maximum atomic E-state index is 12.4. The third-order valence-corrected chi connectivity index (χ3v) is 4.11. The summed E-state index contributed by atoms with van der Waals surface area (Å²) in [6.07, 6.45) is 5.92. The number of H-pyrrole nitrogens is 1. The van der Waals surface area contributed by atoms with Crippen LogP contribution in [0.3, 0.4) is 0 Å². The zero-order valence-electron chi connectivity index (χ0n) is 13.4. The third-order valence-electron chi connectivity index (χ3n) is 4.11. The first-order valence-corrected chi connectivity index (χ1v) is 8.03. The number of aromatic amines is 1. The summed E-state index contributed by atoms with van der Waals surface area (Å²) in [6, 6.07) is 12.9. The van der Waals surface area contributed by atoms with Gasteiger partial charge in [-0.2, -0.15) is 0 Å². The van der Waals surface area contributed by atoms with Crippen LogP contribution in [0.5, 0.6) is 0 Å². The molecule has 6 nitrogen and oxygen atoms in total. The van der Waals surface area contributed by atoms with Crippen LogP contribution in [0.2, 0.25) is 0 Å². The summed E-state index contributed by atoms with van der Waals surface area (Å²) in [5.74, 6) is -0.379. The van der Waals surface area contributed by atoms with Crippen molar-refractivity contribution in [3.05, 3.63) is 82.5 Å². The van der Waals surface area contributed by atoms with Crippen molar-refractivity contribution in [2.45, 2.75) is 6.42 Å². The van der Waals surface area contributed by atoms with Gasteiger partial charge in [0.2, 0.25) is 5.43 Å². The van der Waals surface area contributed by atoms with Crippen LogP contribution in [0.15, 0.2) is 65.8 Å². The fourth-order valence-electron chi connectivity index (χ4n) is 2.84. The molecule has 1 aromatic carbocycles. The van der Waals surface area contributed by atoms with Crippen molar-refractivity contribution in [2.75, 3.05) is 6.54 Å². The molecular formula is C19H16N4O2. The maximum Gasteiger partial charge on any atom is 0.256 e. The number of aromatic nitrogens is 3. The Kier molecular flexibility index (Phi) is 3.78. The quantitative estimate of drug-likeness (QED) is 0.601. The number of imidazole rings is 1. The standard InChI is InChI=1S/C19H16N4O2/c24-18-14-5-1-2-6-16(14)21-11-15(18)19(25)20-9-8-13-12-23-10-4-3-7-17(23)22-13/h1-7,10-12H,8-9H2,(H,20,25)(H,21,24). The molecule has 0 fully saturated rings. The van der Waals surface area contributed by atoms with Gasteiger partial charge in [0.15, 0.2) is 0 Å². The first-order valence-electron chi connectivity index (χ1n) is 8.03. The molecule has 0 saturated heterocycles. The average molecular weight is 332 g/mol. The van der Waals surface area contributed by atoms with E-state index in [4.69, 9.17) is 0 Å². The molecule has 4 rings (SSSR count). The van der Waals surface area contributed by atoms with E-state index in [2.05, 4.69) is 15.3 Å². The van der Waals surface area contributed by atoms with E-state index < -0.39 is 0 Å². The molecule has 6 heteroatoms. The van der Waals surface area contributed by atoms with Crippen LogP contribution >= 0.6 is 0 Å². The molecule has 0 bridgehead atoms. The number of nitrogens with one attached hydrogen (secondary N) is 2. The lowest BCUT2D eigenvalue weighted by Gasteiger charge is -2.05. The van der Waals surface area contributed by atoms with E-state index in [1.165, 1.54) is 6.20 Å². The second-order valence-electron chi connectivity index (χ2n) is 5.78. The molecule has 0 atom stereocenters. The van der Waals surface area contributed by atoms with Crippen molar-refractivity contribution < 1.29 is 4.79 Å². The summed E-state index contributed by atoms with van der Waals surface area (Å²) in [4.78, 5) is 32.2. The highest BCUT2D eigenvalue weighted by atomic mass is 16.2. The number of hydrogen-bond acceptors (Lipinski definition) is 3. The number of rotatable bonds is 4. The highest BCUT2D eigenvalue weighted by molar-refractivity contribution is 5.97. The average Bonchev–Trinajstić information content (AvgIpc) is 3.05. The molecule has 25 heavy (non-hydrogen) atoms. The van der Waals surface area contributed by atoms with Crippen molar-refractivity contribution in [3.63, 3.8) is 0 Å². The van der Waals surface area contributed by atoms with Gasteiger partial charge in [-0.05, 0) is 24.3 Å². The Labute approximate surface area is 143 Å². The maximum absolute atomic E-state index is 12.4. The summed E-state index contributed by atoms with van der Waals surface area (Å²) in [7, 11) is 0. The second-order valence-corrected chi connectivity index (χ2v) is 5.78. The van der Waals surface area contributed by atoms with Crippen LogP contribution in [0.1, 0.15) is 16.1 Å². The predicted octanol–water partition coefficient (Wildman–Crippen LogP) is 2.15. The fourth-order valence-corrected chi connectivity index (χ4v) is 2.84. The normalized spacial score (nSPS) is 11.0. The number of hydrogen-bond donors (Lipinski definition) is 2. The van der Waals surface area contributed by atoms with E-state index in [9.17, 15) is 9.59 Å². The number of amides is 1. The Bertz CT molecular complexity index is 1090. The lowest BCUT2D eigenvalue weighted by atomic mass is 10.1. The Hall–Kier alpha value is -3.41. The highest BCUT2D eigenvalue weighted by Crippen LogP contribution is 2.07. The summed E-state index contributed by atoms with van der Waals surface area (Å²) >= 11 is 0. The summed E-state index contributed by atoms with van der Waals surface area (Å²) < 4.78 is 1.94. The number of pyridine rings is 2. The monoisotopic (exact) mass is 332 g/mol. The van der Waals surface area contributed by atoms with Crippen LogP contribution < -0.4 is 10.7 Å². The van der Waals surface area contributed by atoms with E-state index in [1.807, 2.05) is 47.1 Å². The van der Waals surface area contributed by atoms with Crippen molar-refractivity contribution in [1.82, 2.24) is 19.7 Å². The van der Waals surface area contributed by atoms with E-state index >= 15 is 0 Å². The van der Waals surface area contributed by atoms with Gasteiger partial charge in [-0.15, -0.1) is 0 Å². The van der Waals surface area contributed by atoms with Gasteiger partial charge in [-0.1, -0.05) is 18.2 Å². The van der Waals surface area contributed by atoms with Gasteiger partial charge in [0.25, 0.3) is 5.91 Å². The van der Waals surface area contributed by atoms with Gasteiger partial charge in [-0.25, -0.2) is 4.98 Å². The van der Waals surface area contributed by atoms with Crippen LogP contribution in [0, 0.1) is 0 Å². The molecule has 4 aromatic rings. The summed E-state index contributed by atoms with van der Waals surface area (Å²) in [5.41, 5.74) is 2.33. The van der Waals surface area contributed by atoms with Crippen molar-refractivity contribution in [3.8, 4) is 0 Å². The Morgan fingerprint density at radius 2 is 2.00 bits per heavy atom. The van der Waals surface area contributed by atoms with Gasteiger partial charge >= 0.3 is 0 Å². The largest absolute Gasteiger partial charge is 0.360 e. The molecule has 0 unspecified atom stereocenters. The number of carbonyl (C=O) groups is 1. The predicted molar refractivity (Wildman–Crippen MR) is 95.8 cm³/mol. The van der Waals surface area contributed by atoms with Crippen LogP contribution in [0.25, 0.3) is 16.6 Å². The van der Waals surface area contributed by atoms with Gasteiger partial charge in [0, 0.05) is 42.5 Å². The van der Waals surface area contributed by atoms with E-state index in [0.717, 1.165) is 11.3 Å². The first-order chi connectivity index (χ1) is 12.2. The summed E-state index contributed by atoms with van der Waals surface area (Å²) in [6.45, 7) is 0.412. The molecule has 0 aliphatic rings. The molecule has 0 spiro atoms. The molecule has 124 valence electrons. The molecule has 0 aliphatic carbocycles. The Morgan fingerprint density at radius 1 is 1.16 bits per heavy atom. The molecule has 0 radical (unpaired) electrons. The minimum absolute atomic E-state index is 0.119. The van der Waals surface area contributed by atoms with Gasteiger partial charge in [0.05, 0.1) is 5.69 Å². The van der Waals surface area contributed by atoms with Crippen LogP contribution in [-0.4, -0.2) is 26.8 Å². The number of benzene rings is 1. The minimum atomic E-state index is -0.379. The third kappa shape index (κ3) is 2.89. The number of carbonyl (C=O) groups excluding carboxylic acids is 1. The van der Waals surface area contributed by atoms with Crippen LogP contribution in [0.4, 0.5) is 0 Å². The number of nitrogens with zero attached hydrogens (tertiary/aromatic N) is 2. The topological polar surface area (TPSA) is 79.3 Å². The molecule has 2 N–H and O–H groups in total. The second kappa shape index (κ2) is 6.24. The molecule has 3 heterocycles. The molecule has 0 saturated carbocycles. The van der Waals surface area contributed by atoms with Gasteiger partial charge in [-0.3, -0.25) is 9.59 Å². The van der Waals surface area contributed by atoms with Crippen molar-refractivity contribution in [2.24, 2.45) is 0 Å². The minimum Gasteiger partial charge on any atom is -0.360 e. The molecule has 0 aliphatic heterocycles. The molecule has 1 amide bonds. The number of fused-ring (bicyclic) bond motifs is 2. The lowest BCUT2D eigenvalue weighted by Crippen LogP contribution is -2.30. The van der Waals surface area contributed by atoms with Gasteiger partial charge < -0.3 is 14.7 Å². The van der Waals surface area contributed by atoms with Crippen molar-refractivity contribution >= 4 is 22.5 Å². The Morgan fingerprint density at radius 3 is 2.88 bits per heavy atom. The molecule has 3 aromatic heterocycles. The highest BCUT2D eigenvalue weighted by Gasteiger charge is 2.12. The number of para-hydroxylation sites is 1. The van der Waals surface area contributed by atoms with Crippen molar-refractivity contribution in [1.29, 1.82) is 0 Å². The zero-order chi connectivity index (χ0) is 17.2. The Balaban J connectivity index is 1.47. The van der Waals surface area contributed by atoms with E-state index in [-0.39, 0.29) is 16.9 Å². The van der Waals surface area contributed by atoms with Crippen LogP contribution in [-0.2, 0) is 6.42 Å². The van der Waals surface area contributed by atoms with Gasteiger partial charge in [0.1, 0.15) is 11.2 Å². The van der Waals surface area contributed by atoms with E-state index in [1.54, 1.807) is 12.1 Å². The van der Waals surface area contributed by atoms with E-state index in [0.29, 0.717) is 23.9 Å². The molecular weight excluding hydrogens is 316 g/mol. The smallest absolute Gasteiger partial charge is 0.256 e. The first kappa shape index (κ1) is 15.1. The summed E-state index contributed by atoms with van der Waals surface area (Å²) in [5, 5.41) is 3.30. The lowest BCUT2D eigenvalue weighted by molar-refractivity contribution is 0.0953. The zero-order valence-corrected chi connectivity index (χ0v) is 13.4. The SMILES string of the molecule is O=C(NCCc1cn2ccccc2n1)c1c[nH]c2ccccc2c1=O. The fraction of sp³-hybridized carbons (Fsp3) is 0.105.